The van der Waals surface area contributed by atoms with E-state index in [1.54, 1.807) is 0 Å². The largest absolute Gasteiger partial charge is 0.323 e. The molecule has 0 saturated heterocycles. The van der Waals surface area contributed by atoms with Gasteiger partial charge in [0.25, 0.3) is 0 Å². The predicted octanol–water partition coefficient (Wildman–Crippen LogP) is 3.28. The number of likely N-dealkylation sites (N-methyl/N-ethyl adjacent to an activating group) is 1. The summed E-state index contributed by atoms with van der Waals surface area (Å²) >= 11 is 0. The maximum Gasteiger partial charge on any atom is 0.0424 e. The van der Waals surface area contributed by atoms with Crippen LogP contribution in [0.4, 0.5) is 0 Å². The van der Waals surface area contributed by atoms with E-state index in [4.69, 9.17) is 5.73 Å². The highest BCUT2D eigenvalue weighted by Gasteiger charge is 2.11. The van der Waals surface area contributed by atoms with Gasteiger partial charge in [0.2, 0.25) is 0 Å². The molecule has 0 amide bonds. The minimum Gasteiger partial charge on any atom is -0.323 e. The molecule has 18 heavy (non-hydrogen) atoms. The van der Waals surface area contributed by atoms with Crippen LogP contribution in [0, 0.1) is 19.8 Å². The highest BCUT2D eigenvalue weighted by atomic mass is 15.1. The summed E-state index contributed by atoms with van der Waals surface area (Å²) in [4.78, 5) is 2.34. The second-order valence-electron chi connectivity index (χ2n) is 5.68. The molecule has 1 rings (SSSR count). The molecule has 1 aromatic carbocycles. The molecule has 2 N–H and O–H groups in total. The first-order valence-electron chi connectivity index (χ1n) is 6.95. The summed E-state index contributed by atoms with van der Waals surface area (Å²) in [6.07, 6.45) is 1.23. The molecule has 0 radical (unpaired) electrons. The minimum atomic E-state index is 0.110. The molecule has 0 aliphatic heterocycles. The summed E-state index contributed by atoms with van der Waals surface area (Å²) in [6.45, 7) is 10.9. The number of nitrogens with two attached hydrogens (primary N) is 1. The summed E-state index contributed by atoms with van der Waals surface area (Å²) in [5.41, 5.74) is 10.2. The first-order valence-corrected chi connectivity index (χ1v) is 6.95. The van der Waals surface area contributed by atoms with Crippen LogP contribution >= 0.6 is 0 Å². The fraction of sp³-hybridized carbons (Fsp3) is 0.625. The van der Waals surface area contributed by atoms with Crippen LogP contribution < -0.4 is 5.73 Å². The maximum atomic E-state index is 6.29. The molecule has 0 bridgehead atoms. The topological polar surface area (TPSA) is 29.3 Å². The third-order valence-corrected chi connectivity index (χ3v) is 3.79. The zero-order valence-corrected chi connectivity index (χ0v) is 12.5. The van der Waals surface area contributed by atoms with Crippen molar-refractivity contribution < 1.29 is 0 Å². The van der Waals surface area contributed by atoms with Gasteiger partial charge in [-0.2, -0.15) is 0 Å². The van der Waals surface area contributed by atoms with Gasteiger partial charge in [0.15, 0.2) is 0 Å². The standard InChI is InChI=1S/C16H28N2/c1-6-12(2)10-18(5)11-16(17)15-8-7-13(3)14(4)9-15/h7-9,12,16H,6,10-11,17H2,1-5H3. The Labute approximate surface area is 112 Å². The quantitative estimate of drug-likeness (QED) is 0.837. The monoisotopic (exact) mass is 248 g/mol. The number of benzene rings is 1. The molecule has 2 atom stereocenters. The molecule has 2 nitrogen and oxygen atoms in total. The normalized spacial score (nSPS) is 14.8. The van der Waals surface area contributed by atoms with Crippen LogP contribution in [0.15, 0.2) is 18.2 Å². The van der Waals surface area contributed by atoms with Crippen molar-refractivity contribution in [2.24, 2.45) is 11.7 Å². The van der Waals surface area contributed by atoms with Gasteiger partial charge in [-0.1, -0.05) is 38.5 Å². The Morgan fingerprint density at radius 2 is 1.83 bits per heavy atom. The van der Waals surface area contributed by atoms with Crippen LogP contribution in [0.3, 0.4) is 0 Å². The lowest BCUT2D eigenvalue weighted by Crippen LogP contribution is -2.32. The van der Waals surface area contributed by atoms with E-state index in [9.17, 15) is 0 Å². The number of hydrogen-bond donors (Lipinski definition) is 1. The SMILES string of the molecule is CCC(C)CN(C)CC(N)c1ccc(C)c(C)c1. The van der Waals surface area contributed by atoms with Crippen LogP contribution in [0.25, 0.3) is 0 Å². The Hall–Kier alpha value is -0.860. The zero-order chi connectivity index (χ0) is 13.7. The molecule has 0 spiro atoms. The maximum absolute atomic E-state index is 6.29. The van der Waals surface area contributed by atoms with Gasteiger partial charge in [-0.3, -0.25) is 0 Å². The Morgan fingerprint density at radius 3 is 2.39 bits per heavy atom. The van der Waals surface area contributed by atoms with E-state index in [0.717, 1.165) is 19.0 Å². The molecule has 0 aliphatic carbocycles. The van der Waals surface area contributed by atoms with Gasteiger partial charge in [-0.05, 0) is 43.5 Å². The van der Waals surface area contributed by atoms with E-state index in [2.05, 4.69) is 57.8 Å². The predicted molar refractivity (Wildman–Crippen MR) is 79.8 cm³/mol. The van der Waals surface area contributed by atoms with Crippen molar-refractivity contribution in [3.63, 3.8) is 0 Å². The number of hydrogen-bond acceptors (Lipinski definition) is 2. The Morgan fingerprint density at radius 1 is 1.17 bits per heavy atom. The lowest BCUT2D eigenvalue weighted by molar-refractivity contribution is 0.267. The van der Waals surface area contributed by atoms with Crippen molar-refractivity contribution in [2.45, 2.75) is 40.2 Å². The first kappa shape index (κ1) is 15.2. The van der Waals surface area contributed by atoms with Crippen LogP contribution in [-0.4, -0.2) is 25.0 Å². The number of aryl methyl sites for hydroxylation is 2. The summed E-state index contributed by atoms with van der Waals surface area (Å²) in [5.74, 6) is 0.738. The molecular formula is C16H28N2. The van der Waals surface area contributed by atoms with Gasteiger partial charge in [0.1, 0.15) is 0 Å². The fourth-order valence-electron chi connectivity index (χ4n) is 2.17. The van der Waals surface area contributed by atoms with Crippen molar-refractivity contribution >= 4 is 0 Å². The second kappa shape index (κ2) is 6.91. The molecule has 2 heteroatoms. The Balaban J connectivity index is 2.58. The smallest absolute Gasteiger partial charge is 0.0424 e. The summed E-state index contributed by atoms with van der Waals surface area (Å²) in [5, 5.41) is 0. The van der Waals surface area contributed by atoms with E-state index >= 15 is 0 Å². The van der Waals surface area contributed by atoms with Gasteiger partial charge in [0.05, 0.1) is 0 Å². The lowest BCUT2D eigenvalue weighted by atomic mass is 10.0. The van der Waals surface area contributed by atoms with Gasteiger partial charge >= 0.3 is 0 Å². The van der Waals surface area contributed by atoms with Gasteiger partial charge in [0, 0.05) is 19.1 Å². The summed E-state index contributed by atoms with van der Waals surface area (Å²) in [7, 11) is 2.16. The zero-order valence-electron chi connectivity index (χ0n) is 12.5. The minimum absolute atomic E-state index is 0.110. The van der Waals surface area contributed by atoms with Crippen LogP contribution in [0.5, 0.6) is 0 Å². The van der Waals surface area contributed by atoms with Crippen molar-refractivity contribution in [3.05, 3.63) is 34.9 Å². The third kappa shape index (κ3) is 4.43. The molecule has 0 aromatic heterocycles. The van der Waals surface area contributed by atoms with Gasteiger partial charge < -0.3 is 10.6 Å². The Kier molecular flexibility index (Phi) is 5.83. The number of rotatable bonds is 6. The summed E-state index contributed by atoms with van der Waals surface area (Å²) in [6, 6.07) is 6.65. The van der Waals surface area contributed by atoms with Crippen molar-refractivity contribution in [2.75, 3.05) is 20.1 Å². The van der Waals surface area contributed by atoms with Crippen LogP contribution in [0.2, 0.25) is 0 Å². The van der Waals surface area contributed by atoms with Crippen LogP contribution in [-0.2, 0) is 0 Å². The highest BCUT2D eigenvalue weighted by Crippen LogP contribution is 2.16. The molecule has 0 heterocycles. The van der Waals surface area contributed by atoms with Gasteiger partial charge in [-0.25, -0.2) is 0 Å². The molecule has 0 fully saturated rings. The average molecular weight is 248 g/mol. The molecular weight excluding hydrogens is 220 g/mol. The molecule has 2 unspecified atom stereocenters. The molecule has 0 saturated carbocycles. The summed E-state index contributed by atoms with van der Waals surface area (Å²) < 4.78 is 0. The van der Waals surface area contributed by atoms with E-state index in [1.165, 1.54) is 23.1 Å². The first-order chi connectivity index (χ1) is 8.43. The van der Waals surface area contributed by atoms with E-state index in [-0.39, 0.29) is 6.04 Å². The highest BCUT2D eigenvalue weighted by molar-refractivity contribution is 5.31. The van der Waals surface area contributed by atoms with Gasteiger partial charge in [-0.15, -0.1) is 0 Å². The van der Waals surface area contributed by atoms with Crippen molar-refractivity contribution in [3.8, 4) is 0 Å². The van der Waals surface area contributed by atoms with Crippen molar-refractivity contribution in [1.29, 1.82) is 0 Å². The fourth-order valence-corrected chi connectivity index (χ4v) is 2.17. The van der Waals surface area contributed by atoms with Crippen LogP contribution in [0.1, 0.15) is 43.0 Å². The Bertz CT molecular complexity index is 373. The van der Waals surface area contributed by atoms with E-state index in [1.807, 2.05) is 0 Å². The molecule has 0 aliphatic rings. The van der Waals surface area contributed by atoms with E-state index < -0.39 is 0 Å². The second-order valence-corrected chi connectivity index (χ2v) is 5.68. The third-order valence-electron chi connectivity index (χ3n) is 3.79. The lowest BCUT2D eigenvalue weighted by Gasteiger charge is -2.24. The van der Waals surface area contributed by atoms with E-state index in [0.29, 0.717) is 0 Å². The molecule has 1 aromatic rings. The number of nitrogens with zero attached hydrogens (tertiary/aromatic N) is 1. The van der Waals surface area contributed by atoms with Crippen molar-refractivity contribution in [1.82, 2.24) is 4.90 Å². The molecule has 102 valence electrons. The average Bonchev–Trinajstić information content (AvgIpc) is 2.32.